The molecule has 1 aliphatic heterocycles. The first kappa shape index (κ1) is 11.9. The highest BCUT2D eigenvalue weighted by Gasteiger charge is 2.31. The van der Waals surface area contributed by atoms with Gasteiger partial charge in [-0.25, -0.2) is 0 Å². The average molecular weight is 230 g/mol. The van der Waals surface area contributed by atoms with Crippen molar-refractivity contribution in [2.45, 2.75) is 27.2 Å². The summed E-state index contributed by atoms with van der Waals surface area (Å²) in [4.78, 5) is 11.4. The van der Waals surface area contributed by atoms with E-state index in [0.717, 1.165) is 5.57 Å². The van der Waals surface area contributed by atoms with Crippen LogP contribution in [0.3, 0.4) is 0 Å². The molecule has 1 saturated heterocycles. The smallest absolute Gasteiger partial charge is 0.309 e. The molecule has 0 saturated carbocycles. The van der Waals surface area contributed by atoms with Crippen LogP contribution in [0.25, 0.3) is 6.08 Å². The van der Waals surface area contributed by atoms with Gasteiger partial charge >= 0.3 is 5.97 Å². The van der Waals surface area contributed by atoms with Crippen LogP contribution in [0.4, 0.5) is 0 Å². The third-order valence-electron chi connectivity index (χ3n) is 3.32. The van der Waals surface area contributed by atoms with Crippen molar-refractivity contribution >= 4 is 12.0 Å². The predicted octanol–water partition coefficient (Wildman–Crippen LogP) is 3.35. The lowest BCUT2D eigenvalue weighted by Gasteiger charge is -2.32. The van der Waals surface area contributed by atoms with Crippen molar-refractivity contribution < 1.29 is 9.53 Å². The van der Waals surface area contributed by atoms with Crippen LogP contribution in [0.2, 0.25) is 0 Å². The van der Waals surface area contributed by atoms with E-state index >= 15 is 0 Å². The number of hydrogen-bond acceptors (Lipinski definition) is 2. The van der Waals surface area contributed by atoms with Crippen LogP contribution in [-0.2, 0) is 9.53 Å². The average Bonchev–Trinajstić information content (AvgIpc) is 2.27. The molecule has 0 spiro atoms. The molecule has 2 heteroatoms. The molecule has 1 heterocycles. The van der Waals surface area contributed by atoms with Crippen molar-refractivity contribution in [3.63, 3.8) is 0 Å². The van der Waals surface area contributed by atoms with Crippen LogP contribution in [0.5, 0.6) is 0 Å². The van der Waals surface area contributed by atoms with Crippen LogP contribution < -0.4 is 0 Å². The summed E-state index contributed by atoms with van der Waals surface area (Å²) in [6.45, 7) is 6.79. The molecule has 2 nitrogen and oxygen atoms in total. The zero-order valence-corrected chi connectivity index (χ0v) is 10.6. The van der Waals surface area contributed by atoms with Crippen LogP contribution in [-0.4, -0.2) is 12.6 Å². The third-order valence-corrected chi connectivity index (χ3v) is 3.32. The fourth-order valence-electron chi connectivity index (χ4n) is 1.98. The Labute approximate surface area is 102 Å². The molecule has 0 bridgehead atoms. The summed E-state index contributed by atoms with van der Waals surface area (Å²) in [6.07, 6.45) is 2.54. The van der Waals surface area contributed by atoms with Gasteiger partial charge in [0.2, 0.25) is 0 Å². The van der Waals surface area contributed by atoms with Crippen LogP contribution in [0, 0.1) is 12.3 Å². The first-order valence-corrected chi connectivity index (χ1v) is 5.91. The minimum absolute atomic E-state index is 0.0593. The molecule has 1 fully saturated rings. The lowest BCUT2D eigenvalue weighted by Crippen LogP contribution is -2.31. The Bertz CT molecular complexity index is 470. The number of cyclic esters (lactones) is 1. The highest BCUT2D eigenvalue weighted by Crippen LogP contribution is 2.35. The zero-order chi connectivity index (χ0) is 12.5. The minimum atomic E-state index is -0.121. The Kier molecular flexibility index (Phi) is 3.05. The van der Waals surface area contributed by atoms with E-state index in [1.165, 1.54) is 11.1 Å². The van der Waals surface area contributed by atoms with Crippen molar-refractivity contribution in [3.8, 4) is 0 Å². The topological polar surface area (TPSA) is 26.3 Å². The lowest BCUT2D eigenvalue weighted by atomic mass is 9.80. The Hall–Kier alpha value is -1.57. The highest BCUT2D eigenvalue weighted by molar-refractivity contribution is 5.77. The normalized spacial score (nSPS) is 21.4. The second kappa shape index (κ2) is 4.36. The number of carbonyl (C=O) groups is 1. The second-order valence-electron chi connectivity index (χ2n) is 5.25. The number of esters is 1. The molecule has 0 radical (unpaired) electrons. The van der Waals surface area contributed by atoms with Crippen molar-refractivity contribution in [1.82, 2.24) is 0 Å². The van der Waals surface area contributed by atoms with E-state index in [1.807, 2.05) is 12.1 Å². The summed E-state index contributed by atoms with van der Waals surface area (Å²) in [5.74, 6) is -0.121. The summed E-state index contributed by atoms with van der Waals surface area (Å²) < 4.78 is 5.11. The largest absolute Gasteiger partial charge is 0.465 e. The van der Waals surface area contributed by atoms with Gasteiger partial charge in [0.1, 0.15) is 6.61 Å². The van der Waals surface area contributed by atoms with Crippen molar-refractivity contribution in [2.24, 2.45) is 5.41 Å². The number of aryl methyl sites for hydroxylation is 1. The number of carbonyl (C=O) groups excluding carboxylic acids is 1. The van der Waals surface area contributed by atoms with Gasteiger partial charge in [-0.05, 0) is 23.6 Å². The molecule has 1 aromatic carbocycles. The highest BCUT2D eigenvalue weighted by atomic mass is 16.5. The molecule has 0 atom stereocenters. The fraction of sp³-hybridized carbons (Fsp3) is 0.400. The van der Waals surface area contributed by atoms with Crippen molar-refractivity contribution in [2.75, 3.05) is 6.61 Å². The van der Waals surface area contributed by atoms with Crippen LogP contribution in [0.1, 0.15) is 31.4 Å². The molecule has 0 amide bonds. The van der Waals surface area contributed by atoms with E-state index < -0.39 is 0 Å². The standard InChI is InChI=1S/C15H18O2/c1-11-6-4-5-7-12(11)8-13-9-14(16)17-10-15(13,2)3/h4-8H,9-10H2,1-3H3/b13-8-. The van der Waals surface area contributed by atoms with E-state index in [0.29, 0.717) is 13.0 Å². The third kappa shape index (κ3) is 2.57. The molecule has 1 aromatic rings. The Morgan fingerprint density at radius 2 is 2.00 bits per heavy atom. The summed E-state index contributed by atoms with van der Waals surface area (Å²) >= 11 is 0. The maximum Gasteiger partial charge on any atom is 0.309 e. The Morgan fingerprint density at radius 1 is 1.29 bits per heavy atom. The number of rotatable bonds is 1. The van der Waals surface area contributed by atoms with Gasteiger partial charge < -0.3 is 4.74 Å². The van der Waals surface area contributed by atoms with Gasteiger partial charge in [-0.15, -0.1) is 0 Å². The maximum absolute atomic E-state index is 11.4. The summed E-state index contributed by atoms with van der Waals surface area (Å²) in [5.41, 5.74) is 3.51. The van der Waals surface area contributed by atoms with Crippen LogP contribution >= 0.6 is 0 Å². The Balaban J connectivity index is 2.37. The van der Waals surface area contributed by atoms with Crippen molar-refractivity contribution in [1.29, 1.82) is 0 Å². The van der Waals surface area contributed by atoms with Crippen molar-refractivity contribution in [3.05, 3.63) is 41.0 Å². The van der Waals surface area contributed by atoms with Gasteiger partial charge in [-0.3, -0.25) is 4.79 Å². The predicted molar refractivity (Wildman–Crippen MR) is 68.5 cm³/mol. The van der Waals surface area contributed by atoms with Gasteiger partial charge in [0, 0.05) is 5.41 Å². The van der Waals surface area contributed by atoms with Gasteiger partial charge in [0.25, 0.3) is 0 Å². The summed E-state index contributed by atoms with van der Waals surface area (Å²) in [5, 5.41) is 0. The molecule has 1 aliphatic rings. The van der Waals surface area contributed by atoms with Gasteiger partial charge in [0.05, 0.1) is 6.42 Å². The summed E-state index contributed by atoms with van der Waals surface area (Å²) in [6, 6.07) is 8.21. The Morgan fingerprint density at radius 3 is 2.71 bits per heavy atom. The minimum Gasteiger partial charge on any atom is -0.465 e. The second-order valence-corrected chi connectivity index (χ2v) is 5.25. The molecule has 90 valence electrons. The molecule has 0 aromatic heterocycles. The molecular formula is C15H18O2. The first-order valence-electron chi connectivity index (χ1n) is 5.91. The van der Waals surface area contributed by atoms with Gasteiger partial charge in [-0.2, -0.15) is 0 Å². The fourth-order valence-corrected chi connectivity index (χ4v) is 1.98. The van der Waals surface area contributed by atoms with E-state index in [-0.39, 0.29) is 11.4 Å². The molecular weight excluding hydrogens is 212 g/mol. The molecule has 0 N–H and O–H groups in total. The monoisotopic (exact) mass is 230 g/mol. The van der Waals surface area contributed by atoms with Gasteiger partial charge in [0.15, 0.2) is 0 Å². The molecule has 17 heavy (non-hydrogen) atoms. The summed E-state index contributed by atoms with van der Waals surface area (Å²) in [7, 11) is 0. The van der Waals surface area contributed by atoms with E-state index in [4.69, 9.17) is 4.74 Å². The molecule has 0 aliphatic carbocycles. The SMILES string of the molecule is Cc1ccccc1/C=C1/CC(=O)OCC1(C)C. The van der Waals surface area contributed by atoms with Gasteiger partial charge in [-0.1, -0.05) is 44.2 Å². The quantitative estimate of drug-likeness (QED) is 0.691. The number of benzene rings is 1. The number of hydrogen-bond donors (Lipinski definition) is 0. The molecule has 0 unspecified atom stereocenters. The van der Waals surface area contributed by atoms with E-state index in [2.05, 4.69) is 39.0 Å². The van der Waals surface area contributed by atoms with E-state index in [1.54, 1.807) is 0 Å². The van der Waals surface area contributed by atoms with Crippen LogP contribution in [0.15, 0.2) is 29.8 Å². The lowest BCUT2D eigenvalue weighted by molar-refractivity contribution is -0.148. The zero-order valence-electron chi connectivity index (χ0n) is 10.6. The molecule has 2 rings (SSSR count). The van der Waals surface area contributed by atoms with E-state index in [9.17, 15) is 4.79 Å². The first-order chi connectivity index (χ1) is 7.99. The maximum atomic E-state index is 11.4. The number of ether oxygens (including phenoxy) is 1.